The molecule has 0 aromatic heterocycles. The molecule has 1 saturated carbocycles. The van der Waals surface area contributed by atoms with E-state index < -0.39 is 0 Å². The molecule has 1 aliphatic carbocycles. The number of carbonyl (C=O) groups excluding carboxylic acids is 1. The number of rotatable bonds is 17. The molecule has 1 atom stereocenters. The Labute approximate surface area is 249 Å². The highest BCUT2D eigenvalue weighted by molar-refractivity contribution is 6.45. The van der Waals surface area contributed by atoms with Crippen LogP contribution in [0, 0.1) is 17.8 Å². The van der Waals surface area contributed by atoms with Gasteiger partial charge in [-0.3, -0.25) is 9.79 Å². The van der Waals surface area contributed by atoms with E-state index in [2.05, 4.69) is 5.10 Å². The van der Waals surface area contributed by atoms with E-state index in [1.807, 2.05) is 98.8 Å². The summed E-state index contributed by atoms with van der Waals surface area (Å²) in [5, 5.41) is 4.23. The van der Waals surface area contributed by atoms with Crippen LogP contribution in [-0.4, -0.2) is 30.6 Å². The third kappa shape index (κ3) is 10.5. The number of hydrogen-bond donors (Lipinski definition) is 1. The van der Waals surface area contributed by atoms with Crippen molar-refractivity contribution in [2.45, 2.75) is 59.2 Å². The molecule has 4 rings (SSSR count). The normalized spacial score (nSPS) is 14.5. The van der Waals surface area contributed by atoms with Gasteiger partial charge in [-0.15, -0.1) is 0 Å². The summed E-state index contributed by atoms with van der Waals surface area (Å²) >= 11 is 0. The molecule has 0 radical (unpaired) electrons. The average molecular weight is 570 g/mol. The Kier molecular flexibility index (Phi) is 12.1. The number of hydrazone groups is 1. The Hall–Kier alpha value is -3.97. The summed E-state index contributed by atoms with van der Waals surface area (Å²) in [5.41, 5.74) is 4.60. The van der Waals surface area contributed by atoms with Gasteiger partial charge in [-0.25, -0.2) is 0 Å². The highest BCUT2D eigenvalue weighted by Gasteiger charge is 2.35. The average Bonchev–Trinajstić information content (AvgIpc) is 3.86. The van der Waals surface area contributed by atoms with Gasteiger partial charge >= 0.3 is 5.97 Å². The number of nitrogens with zero attached hydrogens (tertiary/aromatic N) is 2. The number of aliphatic imine (C=N–C) groups is 1. The molecule has 1 aliphatic rings. The van der Waals surface area contributed by atoms with Gasteiger partial charge in [0.25, 0.3) is 0 Å². The van der Waals surface area contributed by atoms with Crippen LogP contribution in [0.1, 0.15) is 57.1 Å². The van der Waals surface area contributed by atoms with Crippen molar-refractivity contribution >= 4 is 23.1 Å². The quantitative estimate of drug-likeness (QED) is 0.0607. The lowest BCUT2D eigenvalue weighted by molar-refractivity contribution is -0.145. The van der Waals surface area contributed by atoms with Crippen molar-refractivity contribution in [1.29, 1.82) is 0 Å². The smallest absolute Gasteiger partial charge is 0.306 e. The largest absolute Gasteiger partial charge is 0.489 e. The molecule has 2 N–H and O–H groups in total. The fourth-order valence-corrected chi connectivity index (χ4v) is 4.64. The first-order valence-corrected chi connectivity index (χ1v) is 14.9. The lowest BCUT2D eigenvalue weighted by atomic mass is 9.89. The summed E-state index contributed by atoms with van der Waals surface area (Å²) in [6.45, 7) is 6.08. The molecular formula is C35H43N3O4. The van der Waals surface area contributed by atoms with E-state index in [0.717, 1.165) is 47.5 Å². The molecule has 3 aromatic rings. The van der Waals surface area contributed by atoms with Gasteiger partial charge in [0.1, 0.15) is 12.4 Å². The summed E-state index contributed by atoms with van der Waals surface area (Å²) in [4.78, 5) is 17.8. The fraction of sp³-hybridized carbons (Fsp3) is 0.400. The van der Waals surface area contributed by atoms with Gasteiger partial charge in [-0.05, 0) is 67.0 Å². The zero-order valence-electron chi connectivity index (χ0n) is 24.8. The minimum absolute atomic E-state index is 0.206. The topological polar surface area (TPSA) is 95.5 Å². The highest BCUT2D eigenvalue weighted by atomic mass is 16.5. The maximum atomic E-state index is 12.8. The molecule has 0 spiro atoms. The van der Waals surface area contributed by atoms with Crippen LogP contribution >= 0.6 is 0 Å². The van der Waals surface area contributed by atoms with Crippen LogP contribution in [-0.2, 0) is 27.5 Å². The van der Waals surface area contributed by atoms with E-state index >= 15 is 0 Å². The van der Waals surface area contributed by atoms with Crippen LogP contribution in [0.25, 0.3) is 0 Å². The minimum Gasteiger partial charge on any atom is -0.489 e. The molecule has 222 valence electrons. The first-order chi connectivity index (χ1) is 20.5. The second-order valence-corrected chi connectivity index (χ2v) is 11.2. The maximum Gasteiger partial charge on any atom is 0.306 e. The first kappa shape index (κ1) is 31.0. The molecule has 7 heteroatoms. The number of carbonyl (C=O) groups is 1. The van der Waals surface area contributed by atoms with E-state index in [4.69, 9.17) is 25.0 Å². The SMILES string of the molecule is CC(C)COC(=O)C[C@H](CCCOCc1ccccc1)C(=NN)C(=Nc1ccc(OCc2ccccc2)cc1)C1CC1. The van der Waals surface area contributed by atoms with Crippen molar-refractivity contribution in [2.24, 2.45) is 33.7 Å². The molecule has 42 heavy (non-hydrogen) atoms. The fourth-order valence-electron chi connectivity index (χ4n) is 4.64. The zero-order chi connectivity index (χ0) is 29.6. The van der Waals surface area contributed by atoms with Crippen molar-refractivity contribution < 1.29 is 19.0 Å². The van der Waals surface area contributed by atoms with Crippen LogP contribution in [0.4, 0.5) is 5.69 Å². The van der Waals surface area contributed by atoms with Gasteiger partial charge in [-0.1, -0.05) is 74.5 Å². The number of benzene rings is 3. The third-order valence-corrected chi connectivity index (χ3v) is 7.03. The number of nitrogens with two attached hydrogens (primary N) is 1. The summed E-state index contributed by atoms with van der Waals surface area (Å²) in [6.07, 6.45) is 3.72. The first-order valence-electron chi connectivity index (χ1n) is 14.9. The van der Waals surface area contributed by atoms with Crippen molar-refractivity contribution in [2.75, 3.05) is 13.2 Å². The summed E-state index contributed by atoms with van der Waals surface area (Å²) in [7, 11) is 0. The number of esters is 1. The minimum atomic E-state index is -0.241. The monoisotopic (exact) mass is 569 g/mol. The Bertz CT molecular complexity index is 1290. The lowest BCUT2D eigenvalue weighted by Gasteiger charge is -2.20. The molecule has 0 saturated heterocycles. The van der Waals surface area contributed by atoms with Crippen LogP contribution < -0.4 is 10.6 Å². The summed E-state index contributed by atoms with van der Waals surface area (Å²) < 4.78 is 17.4. The van der Waals surface area contributed by atoms with Gasteiger partial charge < -0.3 is 20.1 Å². The van der Waals surface area contributed by atoms with E-state index in [1.54, 1.807) is 0 Å². The third-order valence-electron chi connectivity index (χ3n) is 7.03. The Morgan fingerprint density at radius 1 is 0.905 bits per heavy atom. The molecule has 7 nitrogen and oxygen atoms in total. The summed E-state index contributed by atoms with van der Waals surface area (Å²) in [5.74, 6) is 6.90. The van der Waals surface area contributed by atoms with Gasteiger partial charge in [0.05, 0.1) is 36.7 Å². The van der Waals surface area contributed by atoms with Gasteiger partial charge in [0.2, 0.25) is 0 Å². The summed E-state index contributed by atoms with van der Waals surface area (Å²) in [6, 6.07) is 27.9. The molecule has 0 amide bonds. The molecule has 1 fully saturated rings. The number of hydrogen-bond acceptors (Lipinski definition) is 7. The van der Waals surface area contributed by atoms with Crippen LogP contribution in [0.15, 0.2) is 95.0 Å². The maximum absolute atomic E-state index is 12.8. The second-order valence-electron chi connectivity index (χ2n) is 11.2. The molecule has 0 aliphatic heterocycles. The Morgan fingerprint density at radius 3 is 2.14 bits per heavy atom. The van der Waals surface area contributed by atoms with Gasteiger partial charge in [0, 0.05) is 18.4 Å². The van der Waals surface area contributed by atoms with Gasteiger partial charge in [-0.2, -0.15) is 5.10 Å². The van der Waals surface area contributed by atoms with Gasteiger partial charge in [0.15, 0.2) is 0 Å². The van der Waals surface area contributed by atoms with E-state index in [1.165, 1.54) is 0 Å². The van der Waals surface area contributed by atoms with Crippen molar-refractivity contribution in [3.63, 3.8) is 0 Å². The van der Waals surface area contributed by atoms with Crippen molar-refractivity contribution in [3.05, 3.63) is 96.1 Å². The Balaban J connectivity index is 1.43. The highest BCUT2D eigenvalue weighted by Crippen LogP contribution is 2.35. The molecule has 3 aromatic carbocycles. The molecule has 0 heterocycles. The standard InChI is InChI=1S/C35H43N3O4/c1-26(2)23-42-33(39)22-30(14-9-21-40-24-27-10-5-3-6-11-27)35(38-36)34(29-15-16-29)37-31-17-19-32(20-18-31)41-25-28-12-7-4-8-13-28/h3-8,10-13,17-20,26,29-30H,9,14-16,21-25,36H2,1-2H3/t30-/m0/s1. The second kappa shape index (κ2) is 16.5. The van der Waals surface area contributed by atoms with Crippen LogP contribution in [0.3, 0.4) is 0 Å². The predicted octanol–water partition coefficient (Wildman–Crippen LogP) is 7.27. The lowest BCUT2D eigenvalue weighted by Crippen LogP contribution is -2.30. The van der Waals surface area contributed by atoms with Crippen molar-refractivity contribution in [3.8, 4) is 5.75 Å². The zero-order valence-corrected chi connectivity index (χ0v) is 24.8. The molecule has 0 unspecified atom stereocenters. The van der Waals surface area contributed by atoms with Crippen LogP contribution in [0.5, 0.6) is 5.75 Å². The van der Waals surface area contributed by atoms with E-state index in [9.17, 15) is 4.79 Å². The van der Waals surface area contributed by atoms with E-state index in [0.29, 0.717) is 38.6 Å². The Morgan fingerprint density at radius 2 is 1.55 bits per heavy atom. The van der Waals surface area contributed by atoms with E-state index in [-0.39, 0.29) is 30.1 Å². The van der Waals surface area contributed by atoms with Crippen LogP contribution in [0.2, 0.25) is 0 Å². The molecule has 0 bridgehead atoms. The predicted molar refractivity (Wildman–Crippen MR) is 168 cm³/mol. The van der Waals surface area contributed by atoms with Crippen molar-refractivity contribution in [1.82, 2.24) is 0 Å². The number of ether oxygens (including phenoxy) is 3. The molecular weight excluding hydrogens is 526 g/mol.